The van der Waals surface area contributed by atoms with Gasteiger partial charge in [0.15, 0.2) is 0 Å². The molecule has 8 nitrogen and oxygen atoms in total. The van der Waals surface area contributed by atoms with E-state index >= 15 is 0 Å². The standard InChI is InChI=1S/C33H32N4O4S3/c1-41-23-13-15-24(16-14-23)44(39,40)37-18-7-11-27(37)31(38)35-33-30(32-34-26-10-5-6-12-28(26)42-32)25-17-19-36(21-29(25)43-33)20-22-8-3-2-4-9-22/h2-6,8-10,12-16,27H,7,11,17-21H2,1H3,(H,35,38). The highest BCUT2D eigenvalue weighted by Crippen LogP contribution is 2.46. The van der Waals surface area contributed by atoms with Crippen LogP contribution in [0.1, 0.15) is 28.8 Å². The van der Waals surface area contributed by atoms with Crippen molar-refractivity contribution < 1.29 is 17.9 Å². The Morgan fingerprint density at radius 2 is 1.77 bits per heavy atom. The van der Waals surface area contributed by atoms with Crippen LogP contribution in [0, 0.1) is 0 Å². The molecule has 0 aliphatic carbocycles. The van der Waals surface area contributed by atoms with E-state index in [0.29, 0.717) is 25.1 Å². The highest BCUT2D eigenvalue weighted by Gasteiger charge is 2.40. The Kier molecular flexibility index (Phi) is 7.98. The number of hydrogen-bond donors (Lipinski definition) is 1. The van der Waals surface area contributed by atoms with E-state index in [-0.39, 0.29) is 10.8 Å². The third-order valence-electron chi connectivity index (χ3n) is 8.30. The number of rotatable bonds is 8. The minimum absolute atomic E-state index is 0.151. The van der Waals surface area contributed by atoms with Crippen molar-refractivity contribution in [1.82, 2.24) is 14.2 Å². The molecule has 4 heterocycles. The van der Waals surface area contributed by atoms with Gasteiger partial charge in [0.2, 0.25) is 15.9 Å². The summed E-state index contributed by atoms with van der Waals surface area (Å²) in [4.78, 5) is 22.7. The average Bonchev–Trinajstić information content (AvgIpc) is 3.78. The first-order valence-corrected chi connectivity index (χ1v) is 17.7. The summed E-state index contributed by atoms with van der Waals surface area (Å²) in [6, 6.07) is 24.0. The van der Waals surface area contributed by atoms with Gasteiger partial charge in [-0.1, -0.05) is 42.5 Å². The molecule has 0 radical (unpaired) electrons. The van der Waals surface area contributed by atoms with Gasteiger partial charge in [-0.15, -0.1) is 22.7 Å². The summed E-state index contributed by atoms with van der Waals surface area (Å²) in [7, 11) is -2.33. The lowest BCUT2D eigenvalue weighted by Crippen LogP contribution is -2.43. The highest BCUT2D eigenvalue weighted by atomic mass is 32.2. The summed E-state index contributed by atoms with van der Waals surface area (Å²) in [5, 5.41) is 4.81. The van der Waals surface area contributed by atoms with E-state index in [9.17, 15) is 13.2 Å². The number of ether oxygens (including phenoxy) is 1. The predicted octanol–water partition coefficient (Wildman–Crippen LogP) is 6.38. The first kappa shape index (κ1) is 29.1. The van der Waals surface area contributed by atoms with Gasteiger partial charge < -0.3 is 10.1 Å². The number of carbonyl (C=O) groups excluding carboxylic acids is 1. The molecule has 2 aliphatic heterocycles. The van der Waals surface area contributed by atoms with Crippen LogP contribution in [-0.2, 0) is 34.3 Å². The van der Waals surface area contributed by atoms with Crippen LogP contribution in [-0.4, -0.2) is 54.8 Å². The number of hydrogen-bond acceptors (Lipinski definition) is 8. The van der Waals surface area contributed by atoms with Crippen LogP contribution in [0.25, 0.3) is 20.8 Å². The van der Waals surface area contributed by atoms with Crippen molar-refractivity contribution in [1.29, 1.82) is 0 Å². The second-order valence-electron chi connectivity index (χ2n) is 11.1. The Hall–Kier alpha value is -3.61. The van der Waals surface area contributed by atoms with Crippen molar-refractivity contribution in [2.75, 3.05) is 25.5 Å². The number of fused-ring (bicyclic) bond motifs is 2. The van der Waals surface area contributed by atoms with Crippen molar-refractivity contribution in [3.63, 3.8) is 0 Å². The number of sulfonamides is 1. The van der Waals surface area contributed by atoms with E-state index in [1.54, 1.807) is 34.8 Å². The summed E-state index contributed by atoms with van der Waals surface area (Å²) in [6.07, 6.45) is 1.93. The number of benzene rings is 3. The third kappa shape index (κ3) is 5.54. The summed E-state index contributed by atoms with van der Waals surface area (Å²) >= 11 is 3.21. The van der Waals surface area contributed by atoms with Crippen molar-refractivity contribution in [2.24, 2.45) is 0 Å². The van der Waals surface area contributed by atoms with Crippen LogP contribution in [0.2, 0.25) is 0 Å². The maximum absolute atomic E-state index is 13.9. The number of methoxy groups -OCH3 is 1. The van der Waals surface area contributed by atoms with Crippen LogP contribution >= 0.6 is 22.7 Å². The molecule has 1 saturated heterocycles. The SMILES string of the molecule is COc1ccc(S(=O)(=O)N2CCCC2C(=O)Nc2sc3c(c2-c2nc4ccccc4s2)CCN(Cc2ccccc2)C3)cc1. The molecule has 0 saturated carbocycles. The first-order valence-electron chi connectivity index (χ1n) is 14.6. The van der Waals surface area contributed by atoms with Crippen LogP contribution in [0.4, 0.5) is 5.00 Å². The Bertz CT molecular complexity index is 1890. The second-order valence-corrected chi connectivity index (χ2v) is 15.1. The molecular weight excluding hydrogens is 613 g/mol. The summed E-state index contributed by atoms with van der Waals surface area (Å²) < 4.78 is 34.9. The van der Waals surface area contributed by atoms with Crippen molar-refractivity contribution in [3.8, 4) is 16.3 Å². The van der Waals surface area contributed by atoms with Crippen LogP contribution in [0.3, 0.4) is 0 Å². The van der Waals surface area contributed by atoms with E-state index < -0.39 is 16.1 Å². The lowest BCUT2D eigenvalue weighted by molar-refractivity contribution is -0.119. The normalized spacial score (nSPS) is 17.5. The number of aromatic nitrogens is 1. The number of anilines is 1. The lowest BCUT2D eigenvalue weighted by Gasteiger charge is -2.27. The smallest absolute Gasteiger partial charge is 0.243 e. The molecule has 1 N–H and O–H groups in total. The van der Waals surface area contributed by atoms with Gasteiger partial charge in [-0.05, 0) is 66.8 Å². The molecule has 0 bridgehead atoms. The van der Waals surface area contributed by atoms with Crippen LogP contribution < -0.4 is 10.1 Å². The molecular formula is C33H32N4O4S3. The number of nitrogens with zero attached hydrogens (tertiary/aromatic N) is 3. The van der Waals surface area contributed by atoms with Gasteiger partial charge in [0.05, 0.1) is 22.2 Å². The molecule has 1 atom stereocenters. The van der Waals surface area contributed by atoms with Gasteiger partial charge in [0.1, 0.15) is 21.8 Å². The van der Waals surface area contributed by atoms with Gasteiger partial charge in [-0.25, -0.2) is 13.4 Å². The quantitative estimate of drug-likeness (QED) is 0.211. The largest absolute Gasteiger partial charge is 0.497 e. The third-order valence-corrected chi connectivity index (χ3v) is 12.4. The van der Waals surface area contributed by atoms with Crippen molar-refractivity contribution >= 4 is 53.8 Å². The fourth-order valence-corrected chi connectivity index (χ4v) is 10.2. The van der Waals surface area contributed by atoms with Crippen LogP contribution in [0.15, 0.2) is 83.8 Å². The molecule has 1 fully saturated rings. The van der Waals surface area contributed by atoms with Crippen molar-refractivity contribution in [2.45, 2.75) is 43.3 Å². The maximum Gasteiger partial charge on any atom is 0.243 e. The molecule has 2 aromatic heterocycles. The highest BCUT2D eigenvalue weighted by molar-refractivity contribution is 7.89. The van der Waals surface area contributed by atoms with Gasteiger partial charge in [0.25, 0.3) is 0 Å². The maximum atomic E-state index is 13.9. The number of carbonyl (C=O) groups is 1. The van der Waals surface area contributed by atoms with Gasteiger partial charge in [0, 0.05) is 36.6 Å². The summed E-state index contributed by atoms with van der Waals surface area (Å²) in [5.41, 5.74) is 4.40. The fraction of sp³-hybridized carbons (Fsp3) is 0.273. The minimum Gasteiger partial charge on any atom is -0.497 e. The molecule has 1 unspecified atom stereocenters. The molecule has 3 aromatic carbocycles. The molecule has 11 heteroatoms. The zero-order valence-corrected chi connectivity index (χ0v) is 26.7. The number of amides is 1. The topological polar surface area (TPSA) is 91.8 Å². The summed E-state index contributed by atoms with van der Waals surface area (Å²) in [6.45, 7) is 2.84. The Morgan fingerprint density at radius 3 is 2.55 bits per heavy atom. The second kappa shape index (κ2) is 12.1. The molecule has 44 heavy (non-hydrogen) atoms. The Morgan fingerprint density at radius 1 is 1.00 bits per heavy atom. The van der Waals surface area contributed by atoms with E-state index in [1.165, 1.54) is 39.6 Å². The summed E-state index contributed by atoms with van der Waals surface area (Å²) in [5.74, 6) is 0.271. The van der Waals surface area contributed by atoms with E-state index in [4.69, 9.17) is 9.72 Å². The molecule has 2 aliphatic rings. The average molecular weight is 645 g/mol. The zero-order chi connectivity index (χ0) is 30.3. The molecule has 5 aromatic rings. The van der Waals surface area contributed by atoms with Gasteiger partial charge >= 0.3 is 0 Å². The van der Waals surface area contributed by atoms with Gasteiger partial charge in [-0.2, -0.15) is 4.31 Å². The molecule has 1 amide bonds. The number of para-hydroxylation sites is 1. The van der Waals surface area contributed by atoms with Crippen LogP contribution in [0.5, 0.6) is 5.75 Å². The Balaban J connectivity index is 1.20. The Labute approximate surface area is 265 Å². The van der Waals surface area contributed by atoms with E-state index in [2.05, 4.69) is 40.5 Å². The number of nitrogens with one attached hydrogen (secondary N) is 1. The van der Waals surface area contributed by atoms with Gasteiger partial charge in [-0.3, -0.25) is 9.69 Å². The van der Waals surface area contributed by atoms with E-state index in [1.807, 2.05) is 24.3 Å². The lowest BCUT2D eigenvalue weighted by atomic mass is 10.0. The molecule has 226 valence electrons. The van der Waals surface area contributed by atoms with E-state index in [0.717, 1.165) is 51.8 Å². The zero-order valence-electron chi connectivity index (χ0n) is 24.2. The number of thiazole rings is 1. The monoisotopic (exact) mass is 644 g/mol. The van der Waals surface area contributed by atoms with Crippen molar-refractivity contribution in [3.05, 3.63) is 94.9 Å². The first-order chi connectivity index (χ1) is 21.4. The predicted molar refractivity (Wildman–Crippen MR) is 176 cm³/mol. The molecule has 7 rings (SSSR count). The fourth-order valence-electron chi connectivity index (χ4n) is 6.09. The minimum atomic E-state index is -3.87. The molecule has 0 spiro atoms. The number of thiophene rings is 1.